The van der Waals surface area contributed by atoms with Crippen molar-refractivity contribution in [1.82, 2.24) is 0 Å². The molecule has 0 heterocycles. The Balaban J connectivity index is 2.06. The zero-order chi connectivity index (χ0) is 11.4. The van der Waals surface area contributed by atoms with Gasteiger partial charge in [-0.05, 0) is 37.8 Å². The number of rotatable bonds is 3. The number of benzene rings is 1. The van der Waals surface area contributed by atoms with E-state index in [9.17, 15) is 0 Å². The molecule has 3 rings (SSSR count). The fourth-order valence-corrected chi connectivity index (χ4v) is 3.17. The maximum atomic E-state index is 6.41. The molecule has 0 atom stereocenters. The molecule has 0 saturated heterocycles. The summed E-state index contributed by atoms with van der Waals surface area (Å²) in [4.78, 5) is 0. The van der Waals surface area contributed by atoms with Gasteiger partial charge in [0, 0.05) is 21.0 Å². The quantitative estimate of drug-likeness (QED) is 0.925. The first-order valence-electron chi connectivity index (χ1n) is 5.74. The third kappa shape index (κ3) is 1.34. The van der Waals surface area contributed by atoms with Gasteiger partial charge < -0.3 is 10.5 Å². The summed E-state index contributed by atoms with van der Waals surface area (Å²) in [6.07, 6.45) is 4.74. The summed E-state index contributed by atoms with van der Waals surface area (Å²) in [5.74, 6) is 0.976. The van der Waals surface area contributed by atoms with E-state index in [0.717, 1.165) is 23.1 Å². The summed E-state index contributed by atoms with van der Waals surface area (Å²) in [6.45, 7) is 0. The summed E-state index contributed by atoms with van der Waals surface area (Å²) in [5.41, 5.74) is 7.97. The van der Waals surface area contributed by atoms with Crippen LogP contribution < -0.4 is 10.5 Å². The first kappa shape index (κ1) is 10.6. The van der Waals surface area contributed by atoms with Crippen LogP contribution in [0.2, 0.25) is 0 Å². The Kier molecular flexibility index (Phi) is 2.14. The molecule has 0 spiro atoms. The second-order valence-corrected chi connectivity index (χ2v) is 6.00. The lowest BCUT2D eigenvalue weighted by Crippen LogP contribution is -2.37. The standard InChI is InChI=1S/C13H16BrNO/c1-16-11-8-9(14)2-3-10(11)12(4-5-12)13(15)6-7-13/h2-3,8H,4-7,15H2,1H3. The lowest BCUT2D eigenvalue weighted by Gasteiger charge is -2.25. The molecule has 2 N–H and O–H groups in total. The van der Waals surface area contributed by atoms with Crippen LogP contribution in [0.5, 0.6) is 5.75 Å². The van der Waals surface area contributed by atoms with E-state index in [4.69, 9.17) is 10.5 Å². The molecule has 2 fully saturated rings. The highest BCUT2D eigenvalue weighted by molar-refractivity contribution is 9.10. The van der Waals surface area contributed by atoms with E-state index >= 15 is 0 Å². The summed E-state index contributed by atoms with van der Waals surface area (Å²) < 4.78 is 6.55. The summed E-state index contributed by atoms with van der Waals surface area (Å²) in [6, 6.07) is 6.30. The van der Waals surface area contributed by atoms with Crippen molar-refractivity contribution in [2.75, 3.05) is 7.11 Å². The van der Waals surface area contributed by atoms with Crippen molar-refractivity contribution >= 4 is 15.9 Å². The van der Waals surface area contributed by atoms with Gasteiger partial charge in [0.1, 0.15) is 5.75 Å². The van der Waals surface area contributed by atoms with Crippen molar-refractivity contribution in [3.05, 3.63) is 28.2 Å². The monoisotopic (exact) mass is 281 g/mol. The molecule has 0 unspecified atom stereocenters. The van der Waals surface area contributed by atoms with Crippen LogP contribution in [0.25, 0.3) is 0 Å². The van der Waals surface area contributed by atoms with Crippen LogP contribution in [0.4, 0.5) is 0 Å². The highest BCUT2D eigenvalue weighted by atomic mass is 79.9. The van der Waals surface area contributed by atoms with Crippen LogP contribution in [-0.2, 0) is 5.41 Å². The van der Waals surface area contributed by atoms with Gasteiger partial charge in [-0.3, -0.25) is 0 Å². The molecule has 0 aliphatic heterocycles. The maximum absolute atomic E-state index is 6.41. The molecule has 2 nitrogen and oxygen atoms in total. The second kappa shape index (κ2) is 3.23. The van der Waals surface area contributed by atoms with Gasteiger partial charge in [-0.1, -0.05) is 22.0 Å². The predicted octanol–water partition coefficient (Wildman–Crippen LogP) is 2.98. The van der Waals surface area contributed by atoms with Crippen LogP contribution in [0, 0.1) is 0 Å². The largest absolute Gasteiger partial charge is 0.496 e. The minimum Gasteiger partial charge on any atom is -0.496 e. The molecule has 0 bridgehead atoms. The third-order valence-corrected chi connectivity index (χ3v) is 4.66. The SMILES string of the molecule is COc1cc(Br)ccc1C1(C2(N)CC2)CC1. The zero-order valence-electron chi connectivity index (χ0n) is 9.42. The molecule has 1 aromatic carbocycles. The van der Waals surface area contributed by atoms with Gasteiger partial charge in [-0.25, -0.2) is 0 Å². The van der Waals surface area contributed by atoms with Gasteiger partial charge >= 0.3 is 0 Å². The Morgan fingerprint density at radius 2 is 1.94 bits per heavy atom. The number of hydrogen-bond acceptors (Lipinski definition) is 2. The molecular formula is C13H16BrNO. The molecule has 1 aromatic rings. The topological polar surface area (TPSA) is 35.2 Å². The highest BCUT2D eigenvalue weighted by Gasteiger charge is 2.64. The Morgan fingerprint density at radius 3 is 2.44 bits per heavy atom. The van der Waals surface area contributed by atoms with Crippen LogP contribution in [0.15, 0.2) is 22.7 Å². The third-order valence-electron chi connectivity index (χ3n) is 4.17. The van der Waals surface area contributed by atoms with Gasteiger partial charge in [0.15, 0.2) is 0 Å². The van der Waals surface area contributed by atoms with E-state index < -0.39 is 0 Å². The van der Waals surface area contributed by atoms with Crippen molar-refractivity contribution in [3.63, 3.8) is 0 Å². The van der Waals surface area contributed by atoms with Gasteiger partial charge in [-0.2, -0.15) is 0 Å². The van der Waals surface area contributed by atoms with Crippen LogP contribution in [-0.4, -0.2) is 12.6 Å². The second-order valence-electron chi connectivity index (χ2n) is 5.08. The van der Waals surface area contributed by atoms with Gasteiger partial charge in [0.2, 0.25) is 0 Å². The van der Waals surface area contributed by atoms with Gasteiger partial charge in [0.25, 0.3) is 0 Å². The molecule has 2 saturated carbocycles. The van der Waals surface area contributed by atoms with Gasteiger partial charge in [0.05, 0.1) is 7.11 Å². The fourth-order valence-electron chi connectivity index (χ4n) is 2.83. The lowest BCUT2D eigenvalue weighted by atomic mass is 9.85. The minimum atomic E-state index is 0.0497. The lowest BCUT2D eigenvalue weighted by molar-refractivity contribution is 0.393. The van der Waals surface area contributed by atoms with Crippen LogP contribution >= 0.6 is 15.9 Å². The van der Waals surface area contributed by atoms with Crippen molar-refractivity contribution in [1.29, 1.82) is 0 Å². The van der Waals surface area contributed by atoms with E-state index in [1.54, 1.807) is 7.11 Å². The zero-order valence-corrected chi connectivity index (χ0v) is 11.0. The Labute approximate surface area is 104 Å². The van der Waals surface area contributed by atoms with Crippen molar-refractivity contribution < 1.29 is 4.74 Å². The van der Waals surface area contributed by atoms with E-state index in [1.165, 1.54) is 18.4 Å². The Hall–Kier alpha value is -0.540. The van der Waals surface area contributed by atoms with E-state index in [1.807, 2.05) is 6.07 Å². The molecule has 0 amide bonds. The first-order chi connectivity index (χ1) is 7.61. The maximum Gasteiger partial charge on any atom is 0.123 e. The highest BCUT2D eigenvalue weighted by Crippen LogP contribution is 2.65. The van der Waals surface area contributed by atoms with E-state index in [-0.39, 0.29) is 11.0 Å². The van der Waals surface area contributed by atoms with E-state index in [0.29, 0.717) is 0 Å². The molecule has 0 aromatic heterocycles. The minimum absolute atomic E-state index is 0.0497. The van der Waals surface area contributed by atoms with Crippen molar-refractivity contribution in [2.24, 2.45) is 5.73 Å². The van der Waals surface area contributed by atoms with Gasteiger partial charge in [-0.15, -0.1) is 0 Å². The number of nitrogens with two attached hydrogens (primary N) is 1. The molecule has 86 valence electrons. The summed E-state index contributed by atoms with van der Waals surface area (Å²) in [5, 5.41) is 0. The molecular weight excluding hydrogens is 266 g/mol. The molecule has 16 heavy (non-hydrogen) atoms. The smallest absolute Gasteiger partial charge is 0.123 e. The summed E-state index contributed by atoms with van der Waals surface area (Å²) in [7, 11) is 1.73. The normalized spacial score (nSPS) is 23.9. The number of hydrogen-bond donors (Lipinski definition) is 1. The average Bonchev–Trinajstić information content (AvgIpc) is 3.14. The fraction of sp³-hybridized carbons (Fsp3) is 0.538. The molecule has 2 aliphatic rings. The van der Waals surface area contributed by atoms with Crippen LogP contribution in [0.1, 0.15) is 31.2 Å². The van der Waals surface area contributed by atoms with Crippen molar-refractivity contribution in [3.8, 4) is 5.75 Å². The predicted molar refractivity (Wildman–Crippen MR) is 67.8 cm³/mol. The summed E-state index contributed by atoms with van der Waals surface area (Å²) >= 11 is 3.48. The van der Waals surface area contributed by atoms with Crippen LogP contribution in [0.3, 0.4) is 0 Å². The Morgan fingerprint density at radius 1 is 1.25 bits per heavy atom. The average molecular weight is 282 g/mol. The molecule has 2 aliphatic carbocycles. The molecule has 3 heteroatoms. The number of methoxy groups -OCH3 is 1. The first-order valence-corrected chi connectivity index (χ1v) is 6.54. The van der Waals surface area contributed by atoms with E-state index in [2.05, 4.69) is 28.1 Å². The molecule has 0 radical (unpaired) electrons. The number of halogens is 1. The van der Waals surface area contributed by atoms with Crippen molar-refractivity contribution in [2.45, 2.75) is 36.6 Å². The Bertz CT molecular complexity index is 436. The number of ether oxygens (including phenoxy) is 1.